The predicted molar refractivity (Wildman–Crippen MR) is 83.4 cm³/mol. The maximum Gasteiger partial charge on any atom is 0.410 e. The minimum atomic E-state index is -0.449. The Labute approximate surface area is 133 Å². The summed E-state index contributed by atoms with van der Waals surface area (Å²) in [5.74, 6) is 0.943. The van der Waals surface area contributed by atoms with Gasteiger partial charge in [-0.05, 0) is 58.3 Å². The number of ether oxygens (including phenoxy) is 2. The van der Waals surface area contributed by atoms with E-state index in [1.807, 2.05) is 20.8 Å². The number of carbonyl (C=O) groups is 2. The molecule has 1 aliphatic carbocycles. The molecule has 2 rings (SSSR count). The summed E-state index contributed by atoms with van der Waals surface area (Å²) in [6.07, 6.45) is 4.85. The quantitative estimate of drug-likeness (QED) is 0.735. The minimum Gasteiger partial charge on any atom is -0.469 e. The van der Waals surface area contributed by atoms with Gasteiger partial charge in [-0.2, -0.15) is 0 Å². The van der Waals surface area contributed by atoms with Crippen LogP contribution in [0.5, 0.6) is 0 Å². The van der Waals surface area contributed by atoms with E-state index >= 15 is 0 Å². The van der Waals surface area contributed by atoms with Gasteiger partial charge >= 0.3 is 12.1 Å². The van der Waals surface area contributed by atoms with Crippen LogP contribution in [0.2, 0.25) is 0 Å². The van der Waals surface area contributed by atoms with E-state index in [-0.39, 0.29) is 18.0 Å². The van der Waals surface area contributed by atoms with Crippen molar-refractivity contribution in [3.05, 3.63) is 0 Å². The van der Waals surface area contributed by atoms with Crippen molar-refractivity contribution in [3.8, 4) is 0 Å². The van der Waals surface area contributed by atoms with Gasteiger partial charge in [0.15, 0.2) is 0 Å². The second kappa shape index (κ2) is 6.88. The van der Waals surface area contributed by atoms with E-state index in [4.69, 9.17) is 9.47 Å². The number of amides is 1. The number of carbonyl (C=O) groups excluding carboxylic acids is 2. The fourth-order valence-electron chi connectivity index (χ4n) is 3.83. The summed E-state index contributed by atoms with van der Waals surface area (Å²) >= 11 is 0. The number of esters is 1. The van der Waals surface area contributed by atoms with E-state index < -0.39 is 5.60 Å². The molecule has 22 heavy (non-hydrogen) atoms. The zero-order chi connectivity index (χ0) is 16.3. The predicted octanol–water partition coefficient (Wildman–Crippen LogP) is 3.22. The molecule has 5 heteroatoms. The average Bonchev–Trinajstić information content (AvgIpc) is 2.94. The molecule has 1 saturated carbocycles. The lowest BCUT2D eigenvalue weighted by Crippen LogP contribution is -2.43. The van der Waals surface area contributed by atoms with Gasteiger partial charge in [-0.1, -0.05) is 6.42 Å². The van der Waals surface area contributed by atoms with E-state index in [1.165, 1.54) is 7.11 Å². The molecule has 1 aliphatic heterocycles. The number of nitrogens with zero attached hydrogens (tertiary/aromatic N) is 1. The van der Waals surface area contributed by atoms with Crippen molar-refractivity contribution in [2.24, 2.45) is 17.8 Å². The third kappa shape index (κ3) is 4.14. The molecule has 0 aromatic rings. The third-order valence-electron chi connectivity index (χ3n) is 4.87. The lowest BCUT2D eigenvalue weighted by atomic mass is 9.78. The highest BCUT2D eigenvalue weighted by atomic mass is 16.6. The zero-order valence-corrected chi connectivity index (χ0v) is 14.3. The first-order chi connectivity index (χ1) is 10.3. The van der Waals surface area contributed by atoms with Crippen LogP contribution in [-0.4, -0.2) is 42.8 Å². The van der Waals surface area contributed by atoms with Gasteiger partial charge in [0.2, 0.25) is 0 Å². The summed E-state index contributed by atoms with van der Waals surface area (Å²) in [6, 6.07) is 0. The number of hydrogen-bond donors (Lipinski definition) is 0. The summed E-state index contributed by atoms with van der Waals surface area (Å²) in [6.45, 7) is 7.11. The van der Waals surface area contributed by atoms with Crippen LogP contribution >= 0.6 is 0 Å². The number of hydrogen-bond acceptors (Lipinski definition) is 4. The van der Waals surface area contributed by atoms with E-state index in [1.54, 1.807) is 4.90 Å². The summed E-state index contributed by atoms with van der Waals surface area (Å²) in [4.78, 5) is 25.8. The highest BCUT2D eigenvalue weighted by Crippen LogP contribution is 2.41. The molecule has 2 atom stereocenters. The summed E-state index contributed by atoms with van der Waals surface area (Å²) in [5, 5.41) is 0. The molecule has 0 aromatic heterocycles. The van der Waals surface area contributed by atoms with Crippen LogP contribution in [0.4, 0.5) is 4.79 Å². The SMILES string of the molecule is COC(=O)C1CCCC1C1CCN(C(=O)OC(C)(C)C)CC1. The van der Waals surface area contributed by atoms with Gasteiger partial charge in [0.25, 0.3) is 0 Å². The van der Waals surface area contributed by atoms with Crippen LogP contribution in [-0.2, 0) is 14.3 Å². The van der Waals surface area contributed by atoms with Crippen LogP contribution in [0.15, 0.2) is 0 Å². The van der Waals surface area contributed by atoms with Crippen LogP contribution < -0.4 is 0 Å². The standard InChI is InChI=1S/C17H29NO4/c1-17(2,3)22-16(20)18-10-8-12(9-11-18)13-6-5-7-14(13)15(19)21-4/h12-14H,5-11H2,1-4H3. The van der Waals surface area contributed by atoms with Gasteiger partial charge in [0, 0.05) is 13.1 Å². The van der Waals surface area contributed by atoms with Gasteiger partial charge in [-0.3, -0.25) is 4.79 Å². The molecule has 1 amide bonds. The first-order valence-electron chi connectivity index (χ1n) is 8.37. The van der Waals surface area contributed by atoms with E-state index in [0.29, 0.717) is 11.8 Å². The third-order valence-corrected chi connectivity index (χ3v) is 4.87. The van der Waals surface area contributed by atoms with Crippen molar-refractivity contribution in [3.63, 3.8) is 0 Å². The second-order valence-corrected chi connectivity index (χ2v) is 7.53. The number of rotatable bonds is 2. The van der Waals surface area contributed by atoms with Crippen LogP contribution in [0.25, 0.3) is 0 Å². The topological polar surface area (TPSA) is 55.8 Å². The van der Waals surface area contributed by atoms with Gasteiger partial charge < -0.3 is 14.4 Å². The maximum absolute atomic E-state index is 12.1. The fraction of sp³-hybridized carbons (Fsp3) is 0.882. The normalized spacial score (nSPS) is 26.8. The smallest absolute Gasteiger partial charge is 0.410 e. The molecule has 126 valence electrons. The molecule has 0 N–H and O–H groups in total. The molecule has 1 saturated heterocycles. The first kappa shape index (κ1) is 17.1. The molecule has 1 heterocycles. The molecule has 5 nitrogen and oxygen atoms in total. The molecule has 2 fully saturated rings. The number of likely N-dealkylation sites (tertiary alicyclic amines) is 1. The van der Waals surface area contributed by atoms with Crippen molar-refractivity contribution in [1.82, 2.24) is 4.90 Å². The Morgan fingerprint density at radius 3 is 2.23 bits per heavy atom. The average molecular weight is 311 g/mol. The van der Waals surface area contributed by atoms with Gasteiger partial charge in [-0.25, -0.2) is 4.79 Å². The van der Waals surface area contributed by atoms with E-state index in [2.05, 4.69) is 0 Å². The Bertz CT molecular complexity index is 407. The van der Waals surface area contributed by atoms with Crippen LogP contribution in [0.1, 0.15) is 52.9 Å². The largest absolute Gasteiger partial charge is 0.469 e. The monoisotopic (exact) mass is 311 g/mol. The molecule has 2 aliphatic rings. The van der Waals surface area contributed by atoms with Gasteiger partial charge in [0.1, 0.15) is 5.60 Å². The highest BCUT2D eigenvalue weighted by Gasteiger charge is 2.40. The molecule has 0 spiro atoms. The van der Waals surface area contributed by atoms with Crippen LogP contribution in [0, 0.1) is 17.8 Å². The van der Waals surface area contributed by atoms with Crippen molar-refractivity contribution < 1.29 is 19.1 Å². The Morgan fingerprint density at radius 1 is 1.05 bits per heavy atom. The molecule has 0 radical (unpaired) electrons. The van der Waals surface area contributed by atoms with Gasteiger partial charge in [0.05, 0.1) is 13.0 Å². The van der Waals surface area contributed by atoms with Crippen molar-refractivity contribution in [2.45, 2.75) is 58.5 Å². The van der Waals surface area contributed by atoms with Crippen molar-refractivity contribution in [1.29, 1.82) is 0 Å². The molecular weight excluding hydrogens is 282 g/mol. The Hall–Kier alpha value is -1.26. The minimum absolute atomic E-state index is 0.0583. The van der Waals surface area contributed by atoms with Crippen LogP contribution in [0.3, 0.4) is 0 Å². The molecule has 2 unspecified atom stereocenters. The Balaban J connectivity index is 1.87. The number of piperidine rings is 1. The van der Waals surface area contributed by atoms with Crippen molar-refractivity contribution in [2.75, 3.05) is 20.2 Å². The van der Waals surface area contributed by atoms with E-state index in [9.17, 15) is 9.59 Å². The lowest BCUT2D eigenvalue weighted by molar-refractivity contribution is -0.147. The summed E-state index contributed by atoms with van der Waals surface area (Å²) in [5.41, 5.74) is -0.449. The van der Waals surface area contributed by atoms with Crippen molar-refractivity contribution >= 4 is 12.1 Å². The second-order valence-electron chi connectivity index (χ2n) is 7.53. The fourth-order valence-corrected chi connectivity index (χ4v) is 3.83. The lowest BCUT2D eigenvalue weighted by Gasteiger charge is -2.36. The van der Waals surface area contributed by atoms with Gasteiger partial charge in [-0.15, -0.1) is 0 Å². The molecule has 0 aromatic carbocycles. The van der Waals surface area contributed by atoms with E-state index in [0.717, 1.165) is 45.2 Å². The Morgan fingerprint density at radius 2 is 1.68 bits per heavy atom. The maximum atomic E-state index is 12.1. The number of methoxy groups -OCH3 is 1. The first-order valence-corrected chi connectivity index (χ1v) is 8.37. The zero-order valence-electron chi connectivity index (χ0n) is 14.3. The Kier molecular flexibility index (Phi) is 5.35. The highest BCUT2D eigenvalue weighted by molar-refractivity contribution is 5.73. The summed E-state index contributed by atoms with van der Waals surface area (Å²) in [7, 11) is 1.48. The molecule has 0 bridgehead atoms. The summed E-state index contributed by atoms with van der Waals surface area (Å²) < 4.78 is 10.4. The molecular formula is C17H29NO4.